The van der Waals surface area contributed by atoms with Crippen LogP contribution in [0.5, 0.6) is 0 Å². The summed E-state index contributed by atoms with van der Waals surface area (Å²) in [4.78, 5) is 0. The molecular weight excluding hydrogens is 262 g/mol. The molecule has 0 amide bonds. The van der Waals surface area contributed by atoms with Crippen LogP contribution in [0.4, 0.5) is 0 Å². The number of methoxy groups -OCH3 is 1. The summed E-state index contributed by atoms with van der Waals surface area (Å²) in [7, 11) is 1.74. The molecular formula is C14H26ClN3O. The summed E-state index contributed by atoms with van der Waals surface area (Å²) in [5, 5.41) is 8.70. The van der Waals surface area contributed by atoms with E-state index in [9.17, 15) is 0 Å². The first-order valence-electron chi connectivity index (χ1n) is 7.07. The molecule has 1 N–H and O–H groups in total. The molecule has 0 aliphatic heterocycles. The second kappa shape index (κ2) is 8.56. The molecule has 1 rings (SSSR count). The molecule has 0 aromatic carbocycles. The van der Waals surface area contributed by atoms with Crippen LogP contribution >= 0.6 is 11.6 Å². The molecule has 0 saturated carbocycles. The highest BCUT2D eigenvalue weighted by Crippen LogP contribution is 2.28. The molecule has 1 aromatic heterocycles. The van der Waals surface area contributed by atoms with Crippen LogP contribution in [0.25, 0.3) is 0 Å². The van der Waals surface area contributed by atoms with Gasteiger partial charge in [-0.05, 0) is 39.7 Å². The van der Waals surface area contributed by atoms with Crippen molar-refractivity contribution >= 4 is 11.6 Å². The lowest BCUT2D eigenvalue weighted by molar-refractivity contribution is 0.188. The van der Waals surface area contributed by atoms with Gasteiger partial charge in [-0.25, -0.2) is 0 Å². The van der Waals surface area contributed by atoms with Crippen molar-refractivity contribution in [2.45, 2.75) is 52.1 Å². The van der Waals surface area contributed by atoms with Crippen LogP contribution in [0, 0.1) is 0 Å². The Labute approximate surface area is 121 Å². The Bertz CT molecular complexity index is 366. The Morgan fingerprint density at radius 2 is 2.21 bits per heavy atom. The van der Waals surface area contributed by atoms with Crippen LogP contribution in [0.3, 0.4) is 0 Å². The van der Waals surface area contributed by atoms with Gasteiger partial charge < -0.3 is 10.1 Å². The van der Waals surface area contributed by atoms with Gasteiger partial charge in [-0.15, -0.1) is 0 Å². The minimum atomic E-state index is 0.243. The van der Waals surface area contributed by atoms with Gasteiger partial charge in [0.1, 0.15) is 0 Å². The molecule has 0 aliphatic rings. The lowest BCUT2D eigenvalue weighted by Crippen LogP contribution is -2.26. The predicted molar refractivity (Wildman–Crippen MR) is 79.8 cm³/mol. The van der Waals surface area contributed by atoms with Gasteiger partial charge in [0.05, 0.1) is 23.0 Å². The highest BCUT2D eigenvalue weighted by molar-refractivity contribution is 6.31. The first-order chi connectivity index (χ1) is 9.11. The zero-order valence-electron chi connectivity index (χ0n) is 12.4. The monoisotopic (exact) mass is 287 g/mol. The van der Waals surface area contributed by atoms with Crippen LogP contribution in [0.15, 0.2) is 6.20 Å². The zero-order chi connectivity index (χ0) is 14.3. The molecule has 0 saturated heterocycles. The fraction of sp³-hybridized carbons (Fsp3) is 0.786. The number of halogens is 1. The zero-order valence-corrected chi connectivity index (χ0v) is 13.2. The van der Waals surface area contributed by atoms with Gasteiger partial charge in [0.25, 0.3) is 0 Å². The van der Waals surface area contributed by atoms with Gasteiger partial charge in [0.15, 0.2) is 0 Å². The van der Waals surface area contributed by atoms with Crippen LogP contribution in [-0.2, 0) is 4.74 Å². The SMILES string of the molecule is CCCNC(CCCOC)c1c(Cl)cnn1C(C)C. The second-order valence-electron chi connectivity index (χ2n) is 5.06. The maximum atomic E-state index is 6.32. The molecule has 110 valence electrons. The van der Waals surface area contributed by atoms with Crippen molar-refractivity contribution in [2.75, 3.05) is 20.3 Å². The highest BCUT2D eigenvalue weighted by atomic mass is 35.5. The topological polar surface area (TPSA) is 39.1 Å². The minimum Gasteiger partial charge on any atom is -0.385 e. The van der Waals surface area contributed by atoms with Gasteiger partial charge in [-0.1, -0.05) is 18.5 Å². The van der Waals surface area contributed by atoms with E-state index >= 15 is 0 Å². The molecule has 0 spiro atoms. The van der Waals surface area contributed by atoms with Crippen molar-refractivity contribution in [2.24, 2.45) is 0 Å². The number of hydrogen-bond donors (Lipinski definition) is 1. The summed E-state index contributed by atoms with van der Waals surface area (Å²) in [6.45, 7) is 8.17. The Morgan fingerprint density at radius 3 is 2.79 bits per heavy atom. The summed E-state index contributed by atoms with van der Waals surface area (Å²) in [5.41, 5.74) is 1.10. The Balaban J connectivity index is 2.85. The standard InChI is InChI=1S/C14H26ClN3O/c1-5-8-16-13(7-6-9-19-4)14-12(15)10-17-18(14)11(2)3/h10-11,13,16H,5-9H2,1-4H3. The van der Waals surface area contributed by atoms with Gasteiger partial charge in [-0.2, -0.15) is 5.10 Å². The van der Waals surface area contributed by atoms with Gasteiger partial charge in [0, 0.05) is 19.8 Å². The largest absolute Gasteiger partial charge is 0.385 e. The highest BCUT2D eigenvalue weighted by Gasteiger charge is 2.20. The molecule has 0 bridgehead atoms. The Kier molecular flexibility index (Phi) is 7.42. The molecule has 4 nitrogen and oxygen atoms in total. The third kappa shape index (κ3) is 4.79. The van der Waals surface area contributed by atoms with E-state index in [0.29, 0.717) is 6.04 Å². The number of rotatable bonds is 9. The molecule has 1 atom stereocenters. The first kappa shape index (κ1) is 16.5. The Hall–Kier alpha value is -0.580. The van der Waals surface area contributed by atoms with Gasteiger partial charge >= 0.3 is 0 Å². The predicted octanol–water partition coefficient (Wildman–Crippen LogP) is 3.58. The molecule has 19 heavy (non-hydrogen) atoms. The maximum Gasteiger partial charge on any atom is 0.0834 e. The fourth-order valence-corrected chi connectivity index (χ4v) is 2.44. The van der Waals surface area contributed by atoms with Crippen molar-refractivity contribution in [1.29, 1.82) is 0 Å². The van der Waals surface area contributed by atoms with E-state index in [1.165, 1.54) is 0 Å². The Morgan fingerprint density at radius 1 is 1.47 bits per heavy atom. The van der Waals surface area contributed by atoms with Crippen LogP contribution in [0.1, 0.15) is 57.8 Å². The third-order valence-corrected chi connectivity index (χ3v) is 3.38. The summed E-state index contributed by atoms with van der Waals surface area (Å²) in [6.07, 6.45) is 4.87. The molecule has 0 aliphatic carbocycles. The van der Waals surface area contributed by atoms with E-state index in [1.54, 1.807) is 13.3 Å². The van der Waals surface area contributed by atoms with E-state index in [4.69, 9.17) is 16.3 Å². The second-order valence-corrected chi connectivity index (χ2v) is 5.47. The van der Waals surface area contributed by atoms with Crippen molar-refractivity contribution in [3.8, 4) is 0 Å². The number of hydrogen-bond acceptors (Lipinski definition) is 3. The van der Waals surface area contributed by atoms with Gasteiger partial charge in [-0.3, -0.25) is 4.68 Å². The lowest BCUT2D eigenvalue weighted by Gasteiger charge is -2.22. The average molecular weight is 288 g/mol. The summed E-state index contributed by atoms with van der Waals surface area (Å²) < 4.78 is 7.16. The molecule has 0 radical (unpaired) electrons. The van der Waals surface area contributed by atoms with Crippen molar-refractivity contribution in [1.82, 2.24) is 15.1 Å². The lowest BCUT2D eigenvalue weighted by atomic mass is 10.1. The van der Waals surface area contributed by atoms with Crippen molar-refractivity contribution in [3.05, 3.63) is 16.9 Å². The average Bonchev–Trinajstić information content (AvgIpc) is 2.76. The van der Waals surface area contributed by atoms with E-state index in [-0.39, 0.29) is 6.04 Å². The molecule has 5 heteroatoms. The maximum absolute atomic E-state index is 6.32. The van der Waals surface area contributed by atoms with E-state index in [1.807, 2.05) is 4.68 Å². The normalized spacial score (nSPS) is 13.2. The minimum absolute atomic E-state index is 0.243. The number of nitrogens with zero attached hydrogens (tertiary/aromatic N) is 2. The van der Waals surface area contributed by atoms with E-state index < -0.39 is 0 Å². The van der Waals surface area contributed by atoms with Gasteiger partial charge in [0.2, 0.25) is 0 Å². The van der Waals surface area contributed by atoms with E-state index in [0.717, 1.165) is 43.1 Å². The number of nitrogens with one attached hydrogen (secondary N) is 1. The summed E-state index contributed by atoms with van der Waals surface area (Å²) in [6, 6.07) is 0.559. The van der Waals surface area contributed by atoms with Crippen LogP contribution < -0.4 is 5.32 Å². The van der Waals surface area contributed by atoms with Crippen LogP contribution in [-0.4, -0.2) is 30.0 Å². The molecule has 0 fully saturated rings. The number of ether oxygens (including phenoxy) is 1. The fourth-order valence-electron chi connectivity index (χ4n) is 2.17. The molecule has 1 heterocycles. The molecule has 1 aromatic rings. The summed E-state index contributed by atoms with van der Waals surface area (Å²) in [5.74, 6) is 0. The first-order valence-corrected chi connectivity index (χ1v) is 7.44. The third-order valence-electron chi connectivity index (χ3n) is 3.09. The van der Waals surface area contributed by atoms with Crippen molar-refractivity contribution < 1.29 is 4.74 Å². The summed E-state index contributed by atoms with van der Waals surface area (Å²) >= 11 is 6.32. The number of aromatic nitrogens is 2. The van der Waals surface area contributed by atoms with E-state index in [2.05, 4.69) is 31.2 Å². The quantitative estimate of drug-likeness (QED) is 0.706. The smallest absolute Gasteiger partial charge is 0.0834 e. The van der Waals surface area contributed by atoms with Crippen molar-refractivity contribution in [3.63, 3.8) is 0 Å². The molecule has 1 unspecified atom stereocenters. The van der Waals surface area contributed by atoms with Crippen LogP contribution in [0.2, 0.25) is 5.02 Å².